The molecule has 2 unspecified atom stereocenters. The summed E-state index contributed by atoms with van der Waals surface area (Å²) < 4.78 is 40.0. The second-order valence-corrected chi connectivity index (χ2v) is 5.01. The number of hydrogen-bond donors (Lipinski definition) is 1. The van der Waals surface area contributed by atoms with Gasteiger partial charge < -0.3 is 9.88 Å². The first-order valence-electron chi connectivity index (χ1n) is 6.28. The summed E-state index contributed by atoms with van der Waals surface area (Å²) in [6.07, 6.45) is -1.67. The summed E-state index contributed by atoms with van der Waals surface area (Å²) in [5.74, 6) is 0.108. The molecule has 0 aliphatic carbocycles. The van der Waals surface area contributed by atoms with E-state index in [0.717, 1.165) is 19.4 Å². The van der Waals surface area contributed by atoms with Crippen molar-refractivity contribution in [2.75, 3.05) is 6.54 Å². The normalized spacial score (nSPS) is 28.4. The summed E-state index contributed by atoms with van der Waals surface area (Å²) >= 11 is 0. The summed E-state index contributed by atoms with van der Waals surface area (Å²) in [7, 11) is 0. The first-order chi connectivity index (χ1) is 8.55. The number of hydrogen-bond acceptors (Lipinski definition) is 3. The van der Waals surface area contributed by atoms with Gasteiger partial charge in [-0.05, 0) is 25.8 Å². The molecule has 1 saturated heterocycles. The van der Waals surface area contributed by atoms with Crippen molar-refractivity contribution in [3.05, 3.63) is 11.6 Å². The SMILES string of the molecule is FC(F)(F)C1CCc2nnc(C3CCCN3)n2C1. The molecule has 2 atom stereocenters. The molecule has 1 fully saturated rings. The molecule has 7 heteroatoms. The zero-order valence-electron chi connectivity index (χ0n) is 9.87. The smallest absolute Gasteiger partial charge is 0.313 e. The Bertz CT molecular complexity index is 434. The third-order valence-electron chi connectivity index (χ3n) is 3.81. The van der Waals surface area contributed by atoms with Crippen molar-refractivity contribution in [3.8, 4) is 0 Å². The van der Waals surface area contributed by atoms with Gasteiger partial charge >= 0.3 is 6.18 Å². The zero-order valence-corrected chi connectivity index (χ0v) is 9.87. The summed E-state index contributed by atoms with van der Waals surface area (Å²) in [4.78, 5) is 0. The highest BCUT2D eigenvalue weighted by Gasteiger charge is 2.42. The van der Waals surface area contributed by atoms with Gasteiger partial charge in [0.05, 0.1) is 12.0 Å². The molecule has 18 heavy (non-hydrogen) atoms. The molecule has 3 rings (SSSR count). The molecule has 0 aromatic carbocycles. The third kappa shape index (κ3) is 2.00. The first kappa shape index (κ1) is 12.0. The van der Waals surface area contributed by atoms with Gasteiger partial charge in [-0.15, -0.1) is 10.2 Å². The van der Waals surface area contributed by atoms with Crippen LogP contribution in [-0.2, 0) is 13.0 Å². The van der Waals surface area contributed by atoms with Crippen LogP contribution >= 0.6 is 0 Å². The van der Waals surface area contributed by atoms with Gasteiger partial charge in [0.2, 0.25) is 0 Å². The first-order valence-corrected chi connectivity index (χ1v) is 6.28. The molecule has 0 bridgehead atoms. The molecule has 1 aromatic rings. The van der Waals surface area contributed by atoms with E-state index in [1.54, 1.807) is 4.57 Å². The number of alkyl halides is 3. The van der Waals surface area contributed by atoms with Crippen LogP contribution in [0.25, 0.3) is 0 Å². The van der Waals surface area contributed by atoms with Crippen molar-refractivity contribution in [3.63, 3.8) is 0 Å². The highest BCUT2D eigenvalue weighted by Crippen LogP contribution is 2.35. The number of rotatable bonds is 1. The van der Waals surface area contributed by atoms with Crippen LogP contribution in [0, 0.1) is 5.92 Å². The van der Waals surface area contributed by atoms with E-state index in [0.29, 0.717) is 18.1 Å². The molecule has 0 radical (unpaired) electrons. The Hall–Kier alpha value is -1.11. The average Bonchev–Trinajstić information content (AvgIpc) is 2.95. The molecule has 1 N–H and O–H groups in total. The molecule has 0 amide bonds. The van der Waals surface area contributed by atoms with E-state index in [1.165, 1.54) is 0 Å². The Morgan fingerprint density at radius 2 is 2.06 bits per heavy atom. The van der Waals surface area contributed by atoms with Crippen LogP contribution in [0.1, 0.15) is 37.0 Å². The van der Waals surface area contributed by atoms with Crippen LogP contribution in [0.2, 0.25) is 0 Å². The Kier molecular flexibility index (Phi) is 2.80. The fourth-order valence-electron chi connectivity index (χ4n) is 2.78. The molecule has 1 aromatic heterocycles. The van der Waals surface area contributed by atoms with Crippen molar-refractivity contribution >= 4 is 0 Å². The van der Waals surface area contributed by atoms with Crippen molar-refractivity contribution in [1.82, 2.24) is 20.1 Å². The largest absolute Gasteiger partial charge is 0.393 e. The maximum atomic E-state index is 12.8. The maximum absolute atomic E-state index is 12.8. The van der Waals surface area contributed by atoms with Crippen LogP contribution in [0.5, 0.6) is 0 Å². The lowest BCUT2D eigenvalue weighted by atomic mass is 9.98. The molecule has 100 valence electrons. The second-order valence-electron chi connectivity index (χ2n) is 5.01. The minimum Gasteiger partial charge on any atom is -0.313 e. The van der Waals surface area contributed by atoms with Crippen LogP contribution in [-0.4, -0.2) is 27.5 Å². The van der Waals surface area contributed by atoms with E-state index in [9.17, 15) is 13.2 Å². The predicted octanol–water partition coefficient (Wildman–Crippen LogP) is 1.83. The van der Waals surface area contributed by atoms with Crippen LogP contribution in [0.3, 0.4) is 0 Å². The summed E-state index contributed by atoms with van der Waals surface area (Å²) in [6.45, 7) is 0.870. The van der Waals surface area contributed by atoms with Gasteiger partial charge in [-0.2, -0.15) is 13.2 Å². The van der Waals surface area contributed by atoms with E-state index in [4.69, 9.17) is 0 Å². The van der Waals surface area contributed by atoms with Crippen molar-refractivity contribution in [1.29, 1.82) is 0 Å². The van der Waals surface area contributed by atoms with Gasteiger partial charge in [0.15, 0.2) is 0 Å². The molecule has 2 aliphatic rings. The van der Waals surface area contributed by atoms with E-state index in [-0.39, 0.29) is 19.0 Å². The van der Waals surface area contributed by atoms with Gasteiger partial charge in [0, 0.05) is 13.0 Å². The van der Waals surface area contributed by atoms with Crippen molar-refractivity contribution in [2.24, 2.45) is 5.92 Å². The quantitative estimate of drug-likeness (QED) is 0.837. The number of nitrogens with one attached hydrogen (secondary N) is 1. The molecule has 4 nitrogen and oxygen atoms in total. The van der Waals surface area contributed by atoms with Gasteiger partial charge in [-0.1, -0.05) is 0 Å². The van der Waals surface area contributed by atoms with E-state index >= 15 is 0 Å². The van der Waals surface area contributed by atoms with Gasteiger partial charge in [-0.3, -0.25) is 0 Å². The molecular weight excluding hydrogens is 245 g/mol. The summed E-state index contributed by atoms with van der Waals surface area (Å²) in [5.41, 5.74) is 0. The topological polar surface area (TPSA) is 42.7 Å². The fourth-order valence-corrected chi connectivity index (χ4v) is 2.78. The second kappa shape index (κ2) is 4.22. The number of aryl methyl sites for hydroxylation is 1. The predicted molar refractivity (Wildman–Crippen MR) is 57.9 cm³/mol. The third-order valence-corrected chi connectivity index (χ3v) is 3.81. The lowest BCUT2D eigenvalue weighted by Crippen LogP contribution is -2.33. The molecule has 2 aliphatic heterocycles. The minimum atomic E-state index is -4.12. The lowest BCUT2D eigenvalue weighted by molar-refractivity contribution is -0.182. The van der Waals surface area contributed by atoms with Crippen molar-refractivity contribution < 1.29 is 13.2 Å². The Balaban J connectivity index is 1.86. The number of fused-ring (bicyclic) bond motifs is 1. The maximum Gasteiger partial charge on any atom is 0.393 e. The van der Waals surface area contributed by atoms with Crippen LogP contribution in [0.15, 0.2) is 0 Å². The number of halogens is 3. The summed E-state index contributed by atoms with van der Waals surface area (Å²) in [6, 6.07) is 0.0678. The Morgan fingerprint density at radius 3 is 2.72 bits per heavy atom. The van der Waals surface area contributed by atoms with Crippen LogP contribution < -0.4 is 5.32 Å². The monoisotopic (exact) mass is 260 g/mol. The zero-order chi connectivity index (χ0) is 12.8. The highest BCUT2D eigenvalue weighted by atomic mass is 19.4. The average molecular weight is 260 g/mol. The van der Waals surface area contributed by atoms with Crippen molar-refractivity contribution in [2.45, 2.75) is 44.4 Å². The molecular formula is C11H15F3N4. The fraction of sp³-hybridized carbons (Fsp3) is 0.818. The van der Waals surface area contributed by atoms with Gasteiger partial charge in [-0.25, -0.2) is 0 Å². The number of nitrogens with zero attached hydrogens (tertiary/aromatic N) is 3. The molecule has 0 spiro atoms. The van der Waals surface area contributed by atoms with E-state index in [1.807, 2.05) is 0 Å². The minimum absolute atomic E-state index is 0.0284. The molecule has 3 heterocycles. The molecule has 0 saturated carbocycles. The standard InChI is InChI=1S/C11H15F3N4/c12-11(13,14)7-3-4-9-16-17-10(18(9)6-7)8-2-1-5-15-8/h7-8,15H,1-6H2. The highest BCUT2D eigenvalue weighted by molar-refractivity contribution is 5.06. The van der Waals surface area contributed by atoms with Gasteiger partial charge in [0.1, 0.15) is 11.6 Å². The number of aromatic nitrogens is 3. The van der Waals surface area contributed by atoms with Crippen LogP contribution in [0.4, 0.5) is 13.2 Å². The summed E-state index contributed by atoms with van der Waals surface area (Å²) in [5, 5.41) is 11.4. The van der Waals surface area contributed by atoms with E-state index in [2.05, 4.69) is 15.5 Å². The lowest BCUT2D eigenvalue weighted by Gasteiger charge is -2.27. The van der Waals surface area contributed by atoms with E-state index < -0.39 is 12.1 Å². The van der Waals surface area contributed by atoms with Gasteiger partial charge in [0.25, 0.3) is 0 Å². The Labute approximate surface area is 103 Å². The Morgan fingerprint density at radius 1 is 1.22 bits per heavy atom.